The van der Waals surface area contributed by atoms with E-state index >= 15 is 0 Å². The topological polar surface area (TPSA) is 110 Å². The quantitative estimate of drug-likeness (QED) is 0.763. The lowest BCUT2D eigenvalue weighted by molar-refractivity contribution is 0.0698. The Balaban J connectivity index is 2.17. The summed E-state index contributed by atoms with van der Waals surface area (Å²) in [5.74, 6) is -0.199. The third-order valence-electron chi connectivity index (χ3n) is 2.47. The molecule has 4 N–H and O–H groups in total. The number of ether oxygens (including phenoxy) is 1. The lowest BCUT2D eigenvalue weighted by Gasteiger charge is -2.08. The van der Waals surface area contributed by atoms with Gasteiger partial charge in [0.25, 0.3) is 0 Å². The predicted octanol–water partition coefficient (Wildman–Crippen LogP) is 1.90. The van der Waals surface area contributed by atoms with Crippen LogP contribution in [0.25, 0.3) is 0 Å². The molecule has 0 aliphatic rings. The number of carboxylic acid groups (broad SMARTS) is 1. The third kappa shape index (κ3) is 3.14. The molecular weight excluding hydrogens is 260 g/mol. The summed E-state index contributed by atoms with van der Waals surface area (Å²) in [5.41, 5.74) is 6.33. The van der Waals surface area contributed by atoms with Crippen LogP contribution in [-0.2, 0) is 0 Å². The number of nitrogens with two attached hydrogens (primary N) is 1. The van der Waals surface area contributed by atoms with Crippen LogP contribution in [0.2, 0.25) is 0 Å². The first kappa shape index (κ1) is 13.6. The molecule has 7 heteroatoms. The molecule has 0 bridgehead atoms. The Labute approximate surface area is 115 Å². The fraction of sp³-hybridized carbons (Fsp3) is 0.154. The minimum absolute atomic E-state index is 0.00129. The second kappa shape index (κ2) is 5.87. The van der Waals surface area contributed by atoms with Crippen molar-refractivity contribution in [1.29, 1.82) is 0 Å². The lowest BCUT2D eigenvalue weighted by atomic mass is 10.2. The number of nitrogens with one attached hydrogen (secondary N) is 1. The molecule has 0 amide bonds. The van der Waals surface area contributed by atoms with Gasteiger partial charge in [-0.05, 0) is 19.1 Å². The maximum absolute atomic E-state index is 11.0. The van der Waals surface area contributed by atoms with Gasteiger partial charge in [0.1, 0.15) is 5.82 Å². The molecule has 0 aliphatic heterocycles. The van der Waals surface area contributed by atoms with Crippen molar-refractivity contribution in [2.75, 3.05) is 17.7 Å². The van der Waals surface area contributed by atoms with Crippen molar-refractivity contribution in [3.05, 3.63) is 36.2 Å². The molecule has 2 heterocycles. The van der Waals surface area contributed by atoms with Gasteiger partial charge in [0.15, 0.2) is 0 Å². The number of aromatic nitrogens is 2. The van der Waals surface area contributed by atoms with Crippen molar-refractivity contribution in [2.45, 2.75) is 6.92 Å². The number of hydrogen-bond acceptors (Lipinski definition) is 6. The van der Waals surface area contributed by atoms with Gasteiger partial charge in [-0.3, -0.25) is 0 Å². The summed E-state index contributed by atoms with van der Waals surface area (Å²) in [6.45, 7) is 2.42. The Bertz CT molecular complexity index is 614. The first-order chi connectivity index (χ1) is 9.60. The molecule has 0 unspecified atom stereocenters. The summed E-state index contributed by atoms with van der Waals surface area (Å²) in [4.78, 5) is 19.1. The number of rotatable bonds is 5. The molecule has 2 rings (SSSR count). The van der Waals surface area contributed by atoms with E-state index in [-0.39, 0.29) is 11.3 Å². The van der Waals surface area contributed by atoms with E-state index in [4.69, 9.17) is 15.6 Å². The van der Waals surface area contributed by atoms with Gasteiger partial charge in [-0.25, -0.2) is 14.8 Å². The Kier molecular flexibility index (Phi) is 3.99. The molecule has 2 aromatic rings. The molecule has 0 radical (unpaired) electrons. The van der Waals surface area contributed by atoms with Crippen LogP contribution in [0.4, 0.5) is 17.2 Å². The molecule has 20 heavy (non-hydrogen) atoms. The number of hydrogen-bond donors (Lipinski definition) is 3. The Morgan fingerprint density at radius 2 is 2.20 bits per heavy atom. The molecule has 104 valence electrons. The molecule has 7 nitrogen and oxygen atoms in total. The second-order valence-electron chi connectivity index (χ2n) is 3.91. The summed E-state index contributed by atoms with van der Waals surface area (Å²) in [6.07, 6.45) is 2.87. The van der Waals surface area contributed by atoms with E-state index in [0.717, 1.165) is 0 Å². The maximum Gasteiger partial charge on any atom is 0.337 e. The zero-order valence-corrected chi connectivity index (χ0v) is 10.8. The highest BCUT2D eigenvalue weighted by atomic mass is 16.5. The van der Waals surface area contributed by atoms with E-state index in [0.29, 0.717) is 24.0 Å². The van der Waals surface area contributed by atoms with E-state index in [1.54, 1.807) is 18.3 Å². The van der Waals surface area contributed by atoms with Gasteiger partial charge < -0.3 is 20.9 Å². The maximum atomic E-state index is 11.0. The van der Waals surface area contributed by atoms with Crippen LogP contribution in [0.15, 0.2) is 30.6 Å². The van der Waals surface area contributed by atoms with Crippen LogP contribution in [0, 0.1) is 0 Å². The van der Waals surface area contributed by atoms with E-state index in [1.807, 2.05) is 6.92 Å². The number of anilines is 3. The van der Waals surface area contributed by atoms with Crippen molar-refractivity contribution in [3.63, 3.8) is 0 Å². The van der Waals surface area contributed by atoms with Crippen LogP contribution < -0.4 is 15.8 Å². The fourth-order valence-electron chi connectivity index (χ4n) is 1.55. The van der Waals surface area contributed by atoms with Gasteiger partial charge in [-0.15, -0.1) is 0 Å². The molecule has 0 saturated carbocycles. The molecule has 0 spiro atoms. The van der Waals surface area contributed by atoms with Crippen LogP contribution in [0.1, 0.15) is 17.3 Å². The molecule has 0 saturated heterocycles. The van der Waals surface area contributed by atoms with Crippen LogP contribution in [-0.4, -0.2) is 27.7 Å². The average Bonchev–Trinajstić information content (AvgIpc) is 2.43. The summed E-state index contributed by atoms with van der Waals surface area (Å²) in [5, 5.41) is 11.9. The Morgan fingerprint density at radius 1 is 1.40 bits per heavy atom. The monoisotopic (exact) mass is 274 g/mol. The van der Waals surface area contributed by atoms with E-state index < -0.39 is 5.97 Å². The minimum atomic E-state index is -1.10. The second-order valence-corrected chi connectivity index (χ2v) is 3.91. The van der Waals surface area contributed by atoms with Gasteiger partial charge >= 0.3 is 5.97 Å². The lowest BCUT2D eigenvalue weighted by Crippen LogP contribution is -2.05. The molecule has 0 aromatic carbocycles. The van der Waals surface area contributed by atoms with Crippen LogP contribution in [0.5, 0.6) is 5.88 Å². The number of nitrogen functional groups attached to an aromatic ring is 1. The fourth-order valence-corrected chi connectivity index (χ4v) is 1.55. The predicted molar refractivity (Wildman–Crippen MR) is 74.3 cm³/mol. The zero-order chi connectivity index (χ0) is 14.5. The number of nitrogens with zero attached hydrogens (tertiary/aromatic N) is 2. The molecule has 0 atom stereocenters. The van der Waals surface area contributed by atoms with E-state index in [1.165, 1.54) is 12.3 Å². The number of carbonyl (C=O) groups is 1. The van der Waals surface area contributed by atoms with Crippen molar-refractivity contribution < 1.29 is 14.6 Å². The highest BCUT2D eigenvalue weighted by Gasteiger charge is 2.09. The van der Waals surface area contributed by atoms with Gasteiger partial charge in [-0.2, -0.15) is 0 Å². The van der Waals surface area contributed by atoms with E-state index in [9.17, 15) is 4.79 Å². The van der Waals surface area contributed by atoms with Crippen molar-refractivity contribution in [1.82, 2.24) is 9.97 Å². The highest BCUT2D eigenvalue weighted by Crippen LogP contribution is 2.19. The summed E-state index contributed by atoms with van der Waals surface area (Å²) >= 11 is 0. The highest BCUT2D eigenvalue weighted by molar-refractivity contribution is 5.94. The normalized spacial score (nSPS) is 10.1. The van der Waals surface area contributed by atoms with Crippen LogP contribution in [0.3, 0.4) is 0 Å². The minimum Gasteiger partial charge on any atom is -0.478 e. The summed E-state index contributed by atoms with van der Waals surface area (Å²) < 4.78 is 5.23. The van der Waals surface area contributed by atoms with Crippen LogP contribution >= 0.6 is 0 Å². The van der Waals surface area contributed by atoms with Crippen molar-refractivity contribution in [3.8, 4) is 5.88 Å². The SMILES string of the molecule is CCOc1ccc(Nc2cc(C(=O)O)c(N)cn2)cn1. The van der Waals surface area contributed by atoms with Crippen molar-refractivity contribution >= 4 is 23.2 Å². The number of pyridine rings is 2. The number of carboxylic acids is 1. The third-order valence-corrected chi connectivity index (χ3v) is 2.47. The average molecular weight is 274 g/mol. The molecule has 0 fully saturated rings. The Morgan fingerprint density at radius 3 is 2.80 bits per heavy atom. The smallest absolute Gasteiger partial charge is 0.337 e. The Hall–Kier alpha value is -2.83. The van der Waals surface area contributed by atoms with E-state index in [2.05, 4.69) is 15.3 Å². The molecule has 0 aliphatic carbocycles. The van der Waals surface area contributed by atoms with Gasteiger partial charge in [0, 0.05) is 6.07 Å². The number of aromatic carboxylic acids is 1. The molecule has 2 aromatic heterocycles. The van der Waals surface area contributed by atoms with Gasteiger partial charge in [-0.1, -0.05) is 0 Å². The first-order valence-corrected chi connectivity index (χ1v) is 5.95. The summed E-state index contributed by atoms with van der Waals surface area (Å²) in [6, 6.07) is 4.84. The standard InChI is InChI=1S/C13H14N4O3/c1-2-20-12-4-3-8(6-16-12)17-11-5-9(13(18)19)10(14)7-15-11/h3-7H,2,14H2,1H3,(H,15,17)(H,18,19). The van der Waals surface area contributed by atoms with Gasteiger partial charge in [0.05, 0.1) is 35.9 Å². The largest absolute Gasteiger partial charge is 0.478 e. The molecular formula is C13H14N4O3. The first-order valence-electron chi connectivity index (χ1n) is 5.95. The summed E-state index contributed by atoms with van der Waals surface area (Å²) in [7, 11) is 0. The van der Waals surface area contributed by atoms with Crippen molar-refractivity contribution in [2.24, 2.45) is 0 Å². The zero-order valence-electron chi connectivity index (χ0n) is 10.8. The van der Waals surface area contributed by atoms with Gasteiger partial charge in [0.2, 0.25) is 5.88 Å².